The molecule has 44 heavy (non-hydrogen) atoms. The van der Waals surface area contributed by atoms with E-state index >= 15 is 4.39 Å². The molecule has 8 nitrogen and oxygen atoms in total. The number of fused-ring (bicyclic) bond motifs is 1. The third-order valence-electron chi connectivity index (χ3n) is 7.62. The van der Waals surface area contributed by atoms with Gasteiger partial charge in [0.2, 0.25) is 5.91 Å². The van der Waals surface area contributed by atoms with Gasteiger partial charge in [-0.1, -0.05) is 18.2 Å². The highest BCUT2D eigenvalue weighted by molar-refractivity contribution is 6.00. The molecule has 0 aliphatic carbocycles. The zero-order chi connectivity index (χ0) is 31.7. The van der Waals surface area contributed by atoms with E-state index in [1.54, 1.807) is 75.1 Å². The van der Waals surface area contributed by atoms with Gasteiger partial charge < -0.3 is 24.7 Å². The van der Waals surface area contributed by atoms with Crippen molar-refractivity contribution in [1.82, 2.24) is 19.4 Å². The number of aromatic nitrogens is 2. The number of benzene rings is 3. The monoisotopic (exact) mass is 597 g/mol. The number of anilines is 1. The Kier molecular flexibility index (Phi) is 8.46. The molecule has 1 atom stereocenters. The van der Waals surface area contributed by atoms with Gasteiger partial charge in [0.15, 0.2) is 0 Å². The van der Waals surface area contributed by atoms with E-state index in [-0.39, 0.29) is 24.0 Å². The fourth-order valence-electron chi connectivity index (χ4n) is 5.20. The third-order valence-corrected chi connectivity index (χ3v) is 7.62. The number of amides is 2. The number of nitrogens with zero attached hydrogens (tertiary/aromatic N) is 3. The number of nitrogens with one attached hydrogen (secondary N) is 2. The summed E-state index contributed by atoms with van der Waals surface area (Å²) in [6.07, 6.45) is 1.81. The molecule has 2 aromatic heterocycles. The van der Waals surface area contributed by atoms with E-state index in [0.717, 1.165) is 5.56 Å². The Hall–Kier alpha value is -5.09. The van der Waals surface area contributed by atoms with E-state index < -0.39 is 23.3 Å². The molecule has 10 heteroatoms. The summed E-state index contributed by atoms with van der Waals surface area (Å²) in [4.78, 5) is 41.2. The molecule has 0 aliphatic heterocycles. The van der Waals surface area contributed by atoms with Crippen molar-refractivity contribution < 1.29 is 18.4 Å². The Balaban J connectivity index is 1.67. The quantitative estimate of drug-likeness (QED) is 0.253. The standard InChI is InChI=1S/C34H33F2N5O3/c1-20-18-40(31-12-10-23(35)17-28(20)31)25-15-22(14-24(36)16-25)19-41-30(26-8-6-7-9-27(26)33(43)39(4)5)13-11-29(34(41)44)38-32(42)21(2)37-3/h6-18,21,37H,19H2,1-5H3,(H,38,42)/t21-/m0/s1. The molecule has 226 valence electrons. The first-order valence-corrected chi connectivity index (χ1v) is 14.1. The minimum atomic E-state index is -0.555. The van der Waals surface area contributed by atoms with Gasteiger partial charge in [-0.3, -0.25) is 14.4 Å². The van der Waals surface area contributed by atoms with Crippen LogP contribution in [-0.2, 0) is 11.3 Å². The van der Waals surface area contributed by atoms with Crippen molar-refractivity contribution in [3.63, 3.8) is 0 Å². The summed E-state index contributed by atoms with van der Waals surface area (Å²) in [5.74, 6) is -1.54. The maximum absolute atomic E-state index is 15.2. The third kappa shape index (κ3) is 5.89. The Bertz CT molecular complexity index is 1960. The second-order valence-corrected chi connectivity index (χ2v) is 10.9. The maximum Gasteiger partial charge on any atom is 0.275 e. The van der Waals surface area contributed by atoms with Crippen molar-refractivity contribution >= 4 is 28.4 Å². The van der Waals surface area contributed by atoms with Crippen molar-refractivity contribution in [3.8, 4) is 16.9 Å². The fourth-order valence-corrected chi connectivity index (χ4v) is 5.20. The SMILES string of the molecule is CN[C@@H](C)C(=O)Nc1ccc(-c2ccccc2C(=O)N(C)C)n(Cc2cc(F)cc(-n3cc(C)c4cc(F)ccc43)c2)c1=O. The van der Waals surface area contributed by atoms with Crippen molar-refractivity contribution in [2.24, 2.45) is 0 Å². The smallest absolute Gasteiger partial charge is 0.275 e. The Morgan fingerprint density at radius 1 is 0.955 bits per heavy atom. The molecule has 2 amide bonds. The summed E-state index contributed by atoms with van der Waals surface area (Å²) in [5, 5.41) is 6.23. The van der Waals surface area contributed by atoms with Crippen LogP contribution in [0.2, 0.25) is 0 Å². The lowest BCUT2D eigenvalue weighted by Crippen LogP contribution is -2.37. The zero-order valence-corrected chi connectivity index (χ0v) is 25.1. The van der Waals surface area contributed by atoms with Gasteiger partial charge in [0, 0.05) is 42.5 Å². The summed E-state index contributed by atoms with van der Waals surface area (Å²) >= 11 is 0. The number of carbonyl (C=O) groups excluding carboxylic acids is 2. The van der Waals surface area contributed by atoms with Crippen molar-refractivity contribution in [2.75, 3.05) is 26.5 Å². The van der Waals surface area contributed by atoms with E-state index in [1.807, 2.05) is 13.1 Å². The first-order valence-electron chi connectivity index (χ1n) is 14.1. The van der Waals surface area contributed by atoms with Gasteiger partial charge in [0.25, 0.3) is 11.5 Å². The minimum Gasteiger partial charge on any atom is -0.345 e. The Morgan fingerprint density at radius 2 is 1.70 bits per heavy atom. The molecule has 0 saturated carbocycles. The van der Waals surface area contributed by atoms with Gasteiger partial charge in [-0.15, -0.1) is 0 Å². The molecule has 0 spiro atoms. The van der Waals surface area contributed by atoms with Crippen LogP contribution in [0.3, 0.4) is 0 Å². The van der Waals surface area contributed by atoms with Gasteiger partial charge in [-0.25, -0.2) is 8.78 Å². The molecule has 0 fully saturated rings. The fraction of sp³-hybridized carbons (Fsp3) is 0.206. The molecule has 3 aromatic carbocycles. The molecule has 5 aromatic rings. The largest absolute Gasteiger partial charge is 0.345 e. The minimum absolute atomic E-state index is 0.0444. The first kappa shape index (κ1) is 30.4. The van der Waals surface area contributed by atoms with Crippen LogP contribution in [0.15, 0.2) is 83.8 Å². The summed E-state index contributed by atoms with van der Waals surface area (Å²) in [6.45, 7) is 3.45. The first-order chi connectivity index (χ1) is 21.0. The van der Waals surface area contributed by atoms with Crippen LogP contribution in [0.4, 0.5) is 14.5 Å². The number of likely N-dealkylation sites (N-methyl/N-ethyl adjacent to an activating group) is 1. The molecule has 2 heterocycles. The van der Waals surface area contributed by atoms with Crippen molar-refractivity contribution in [2.45, 2.75) is 26.4 Å². The average molecular weight is 598 g/mol. The van der Waals surface area contributed by atoms with Crippen LogP contribution in [0.5, 0.6) is 0 Å². The Morgan fingerprint density at radius 3 is 2.43 bits per heavy atom. The number of halogens is 2. The molecule has 5 rings (SSSR count). The van der Waals surface area contributed by atoms with E-state index in [0.29, 0.717) is 39.0 Å². The number of carbonyl (C=O) groups is 2. The number of rotatable bonds is 8. The van der Waals surface area contributed by atoms with E-state index in [4.69, 9.17) is 0 Å². The highest BCUT2D eigenvalue weighted by Crippen LogP contribution is 2.28. The number of hydrogen-bond acceptors (Lipinski definition) is 4. The highest BCUT2D eigenvalue weighted by Gasteiger charge is 2.21. The molecule has 0 aliphatic rings. The second-order valence-electron chi connectivity index (χ2n) is 10.9. The zero-order valence-electron chi connectivity index (χ0n) is 25.1. The lowest BCUT2D eigenvalue weighted by atomic mass is 10.0. The lowest BCUT2D eigenvalue weighted by molar-refractivity contribution is -0.117. The van der Waals surface area contributed by atoms with Crippen LogP contribution in [-0.4, -0.2) is 53.0 Å². The van der Waals surface area contributed by atoms with E-state index in [9.17, 15) is 18.8 Å². The molecule has 2 N–H and O–H groups in total. The second kappa shape index (κ2) is 12.3. The van der Waals surface area contributed by atoms with Crippen LogP contribution in [0, 0.1) is 18.6 Å². The van der Waals surface area contributed by atoms with E-state index in [2.05, 4.69) is 10.6 Å². The average Bonchev–Trinajstić information content (AvgIpc) is 3.33. The topological polar surface area (TPSA) is 88.4 Å². The maximum atomic E-state index is 15.2. The number of pyridine rings is 1. The molecule has 0 saturated heterocycles. The summed E-state index contributed by atoms with van der Waals surface area (Å²) in [6, 6.07) is 18.5. The van der Waals surface area contributed by atoms with Crippen LogP contribution >= 0.6 is 0 Å². The summed E-state index contributed by atoms with van der Waals surface area (Å²) in [7, 11) is 4.92. The predicted octanol–water partition coefficient (Wildman–Crippen LogP) is 5.34. The van der Waals surface area contributed by atoms with Gasteiger partial charge in [0.05, 0.1) is 23.8 Å². The van der Waals surface area contributed by atoms with E-state index in [1.165, 1.54) is 39.8 Å². The lowest BCUT2D eigenvalue weighted by Gasteiger charge is -2.20. The molecule has 0 bridgehead atoms. The summed E-state index contributed by atoms with van der Waals surface area (Å²) in [5.41, 5.74) is 3.33. The number of hydrogen-bond donors (Lipinski definition) is 2. The summed E-state index contributed by atoms with van der Waals surface area (Å²) < 4.78 is 32.3. The number of aryl methyl sites for hydroxylation is 1. The van der Waals surface area contributed by atoms with Gasteiger partial charge in [-0.2, -0.15) is 0 Å². The van der Waals surface area contributed by atoms with Crippen molar-refractivity contribution in [3.05, 3.63) is 118 Å². The predicted molar refractivity (Wildman–Crippen MR) is 168 cm³/mol. The normalized spacial score (nSPS) is 11.9. The molecule has 0 radical (unpaired) electrons. The molecular formula is C34H33F2N5O3. The van der Waals surface area contributed by atoms with Gasteiger partial charge in [0.1, 0.15) is 17.3 Å². The van der Waals surface area contributed by atoms with Gasteiger partial charge in [-0.05, 0) is 86.6 Å². The Labute approximate surface area is 253 Å². The molecule has 0 unspecified atom stereocenters. The van der Waals surface area contributed by atoms with Crippen LogP contribution < -0.4 is 16.2 Å². The molecular weight excluding hydrogens is 564 g/mol. The van der Waals surface area contributed by atoms with Crippen LogP contribution in [0.25, 0.3) is 27.8 Å². The van der Waals surface area contributed by atoms with Gasteiger partial charge >= 0.3 is 0 Å². The van der Waals surface area contributed by atoms with Crippen molar-refractivity contribution in [1.29, 1.82) is 0 Å². The van der Waals surface area contributed by atoms with Crippen LogP contribution in [0.1, 0.15) is 28.4 Å². The highest BCUT2D eigenvalue weighted by atomic mass is 19.1.